The molecule has 0 heterocycles. The zero-order valence-corrected chi connectivity index (χ0v) is 11.1. The lowest BCUT2D eigenvalue weighted by molar-refractivity contribution is -0.121. The molecule has 5 nitrogen and oxygen atoms in total. The number of hydrogen-bond acceptors (Lipinski definition) is 4. The molecule has 1 rings (SSSR count). The van der Waals surface area contributed by atoms with Crippen LogP contribution in [0.2, 0.25) is 0 Å². The summed E-state index contributed by atoms with van der Waals surface area (Å²) in [5.74, 6) is 1.33. The highest BCUT2D eigenvalue weighted by atomic mass is 16.5. The molecule has 2 N–H and O–H groups in total. The Balaban J connectivity index is 2.74. The third-order valence-corrected chi connectivity index (χ3v) is 2.50. The normalized spacial score (nSPS) is 9.94. The SMILES string of the molecule is CNCc1cccc(OC)c1OCCC(=O)NC. The number of nitrogens with one attached hydrogen (secondary N) is 2. The molecule has 0 aliphatic carbocycles. The summed E-state index contributed by atoms with van der Waals surface area (Å²) in [7, 11) is 5.08. The molecule has 0 aromatic heterocycles. The standard InChI is InChI=1S/C13H20N2O3/c1-14-9-10-5-4-6-11(17-3)13(10)18-8-7-12(16)15-2/h4-6,14H,7-9H2,1-3H3,(H,15,16). The van der Waals surface area contributed by atoms with Crippen LogP contribution < -0.4 is 20.1 Å². The van der Waals surface area contributed by atoms with Crippen LogP contribution in [0.15, 0.2) is 18.2 Å². The summed E-state index contributed by atoms with van der Waals surface area (Å²) in [6.45, 7) is 1.02. The Kier molecular flexibility index (Phi) is 6.00. The summed E-state index contributed by atoms with van der Waals surface area (Å²) in [6, 6.07) is 5.72. The number of benzene rings is 1. The van der Waals surface area contributed by atoms with E-state index in [2.05, 4.69) is 10.6 Å². The van der Waals surface area contributed by atoms with Crippen LogP contribution in [0.5, 0.6) is 11.5 Å². The highest BCUT2D eigenvalue weighted by Crippen LogP contribution is 2.31. The number of para-hydroxylation sites is 1. The molecule has 1 aromatic rings. The molecule has 0 atom stereocenters. The van der Waals surface area contributed by atoms with Gasteiger partial charge in [0.25, 0.3) is 0 Å². The quantitative estimate of drug-likeness (QED) is 0.758. The van der Waals surface area contributed by atoms with Crippen molar-refractivity contribution in [3.05, 3.63) is 23.8 Å². The molecule has 1 aromatic carbocycles. The molecule has 1 amide bonds. The van der Waals surface area contributed by atoms with E-state index in [9.17, 15) is 4.79 Å². The Hall–Kier alpha value is -1.75. The Morgan fingerprint density at radius 3 is 2.72 bits per heavy atom. The molecule has 0 fully saturated rings. The van der Waals surface area contributed by atoms with Gasteiger partial charge in [-0.3, -0.25) is 4.79 Å². The van der Waals surface area contributed by atoms with Crippen LogP contribution in [0.4, 0.5) is 0 Å². The molecular weight excluding hydrogens is 232 g/mol. The zero-order valence-electron chi connectivity index (χ0n) is 11.1. The average Bonchev–Trinajstić information content (AvgIpc) is 2.40. The Morgan fingerprint density at radius 2 is 2.11 bits per heavy atom. The number of amides is 1. The first kappa shape index (κ1) is 14.3. The number of ether oxygens (including phenoxy) is 2. The van der Waals surface area contributed by atoms with Gasteiger partial charge in [-0.25, -0.2) is 0 Å². The van der Waals surface area contributed by atoms with E-state index in [0.29, 0.717) is 31.1 Å². The molecule has 100 valence electrons. The van der Waals surface area contributed by atoms with E-state index in [1.807, 2.05) is 25.2 Å². The Morgan fingerprint density at radius 1 is 1.33 bits per heavy atom. The average molecular weight is 252 g/mol. The lowest BCUT2D eigenvalue weighted by atomic mass is 10.2. The number of methoxy groups -OCH3 is 1. The molecule has 0 saturated heterocycles. The van der Waals surface area contributed by atoms with E-state index >= 15 is 0 Å². The van der Waals surface area contributed by atoms with Crippen LogP contribution in [-0.2, 0) is 11.3 Å². The molecule has 5 heteroatoms. The number of carbonyl (C=O) groups is 1. The Labute approximate surface area is 107 Å². The maximum absolute atomic E-state index is 11.1. The highest BCUT2D eigenvalue weighted by molar-refractivity contribution is 5.75. The van der Waals surface area contributed by atoms with E-state index in [4.69, 9.17) is 9.47 Å². The molecule has 18 heavy (non-hydrogen) atoms. The van der Waals surface area contributed by atoms with Crippen LogP contribution in [0.25, 0.3) is 0 Å². The second kappa shape index (κ2) is 7.55. The van der Waals surface area contributed by atoms with Crippen molar-refractivity contribution in [3.63, 3.8) is 0 Å². The lowest BCUT2D eigenvalue weighted by Gasteiger charge is -2.14. The topological polar surface area (TPSA) is 59.6 Å². The highest BCUT2D eigenvalue weighted by Gasteiger charge is 2.10. The van der Waals surface area contributed by atoms with Crippen molar-refractivity contribution in [2.45, 2.75) is 13.0 Å². The van der Waals surface area contributed by atoms with Gasteiger partial charge in [-0.15, -0.1) is 0 Å². The molecular formula is C13H20N2O3. The van der Waals surface area contributed by atoms with Crippen LogP contribution >= 0.6 is 0 Å². The van der Waals surface area contributed by atoms with Gasteiger partial charge in [-0.2, -0.15) is 0 Å². The molecule has 0 bridgehead atoms. The van der Waals surface area contributed by atoms with Crippen LogP contribution in [0, 0.1) is 0 Å². The fourth-order valence-electron chi connectivity index (χ4n) is 1.59. The molecule has 0 aliphatic rings. The number of carbonyl (C=O) groups excluding carboxylic acids is 1. The van der Waals surface area contributed by atoms with Gasteiger partial charge in [0, 0.05) is 19.2 Å². The predicted octanol–water partition coefficient (Wildman–Crippen LogP) is 0.929. The van der Waals surface area contributed by atoms with Gasteiger partial charge in [0.1, 0.15) is 0 Å². The van der Waals surface area contributed by atoms with Gasteiger partial charge in [-0.05, 0) is 13.1 Å². The van der Waals surface area contributed by atoms with Crippen molar-refractivity contribution in [2.24, 2.45) is 0 Å². The van der Waals surface area contributed by atoms with E-state index < -0.39 is 0 Å². The summed E-state index contributed by atoms with van der Waals surface area (Å²) in [5.41, 5.74) is 1.01. The van der Waals surface area contributed by atoms with Crippen molar-refractivity contribution < 1.29 is 14.3 Å². The van der Waals surface area contributed by atoms with E-state index in [1.54, 1.807) is 14.2 Å². The van der Waals surface area contributed by atoms with Crippen LogP contribution in [0.1, 0.15) is 12.0 Å². The first-order valence-corrected chi connectivity index (χ1v) is 5.86. The van der Waals surface area contributed by atoms with Crippen molar-refractivity contribution in [3.8, 4) is 11.5 Å². The summed E-state index contributed by atoms with van der Waals surface area (Å²) in [6.07, 6.45) is 0.327. The molecule has 0 radical (unpaired) electrons. The maximum Gasteiger partial charge on any atom is 0.223 e. The second-order valence-corrected chi connectivity index (χ2v) is 3.75. The fraction of sp³-hybridized carbons (Fsp3) is 0.462. The van der Waals surface area contributed by atoms with E-state index in [0.717, 1.165) is 5.56 Å². The van der Waals surface area contributed by atoms with Crippen LogP contribution in [-0.4, -0.2) is 33.7 Å². The summed E-state index contributed by atoms with van der Waals surface area (Å²) in [5, 5.41) is 5.63. The minimum absolute atomic E-state index is 0.0416. The van der Waals surface area contributed by atoms with Gasteiger partial charge in [0.15, 0.2) is 11.5 Å². The largest absolute Gasteiger partial charge is 0.493 e. The summed E-state index contributed by atoms with van der Waals surface area (Å²) >= 11 is 0. The van der Waals surface area contributed by atoms with Crippen molar-refractivity contribution >= 4 is 5.91 Å². The van der Waals surface area contributed by atoms with Gasteiger partial charge in [-0.1, -0.05) is 12.1 Å². The van der Waals surface area contributed by atoms with Crippen molar-refractivity contribution in [1.29, 1.82) is 0 Å². The minimum Gasteiger partial charge on any atom is -0.493 e. The Bertz CT molecular complexity index is 394. The van der Waals surface area contributed by atoms with Gasteiger partial charge in [0.2, 0.25) is 5.91 Å². The first-order chi connectivity index (χ1) is 8.72. The number of hydrogen-bond donors (Lipinski definition) is 2. The lowest BCUT2D eigenvalue weighted by Crippen LogP contribution is -2.20. The van der Waals surface area contributed by atoms with Gasteiger partial charge >= 0.3 is 0 Å². The smallest absolute Gasteiger partial charge is 0.223 e. The maximum atomic E-state index is 11.1. The molecule has 0 unspecified atom stereocenters. The number of rotatable bonds is 7. The minimum atomic E-state index is -0.0416. The second-order valence-electron chi connectivity index (χ2n) is 3.75. The third-order valence-electron chi connectivity index (χ3n) is 2.50. The van der Waals surface area contributed by atoms with Crippen LogP contribution in [0.3, 0.4) is 0 Å². The van der Waals surface area contributed by atoms with Gasteiger partial charge in [0.05, 0.1) is 20.1 Å². The summed E-state index contributed by atoms with van der Waals surface area (Å²) in [4.78, 5) is 11.1. The van der Waals surface area contributed by atoms with Crippen molar-refractivity contribution in [1.82, 2.24) is 10.6 Å². The fourth-order valence-corrected chi connectivity index (χ4v) is 1.59. The van der Waals surface area contributed by atoms with Gasteiger partial charge < -0.3 is 20.1 Å². The first-order valence-electron chi connectivity index (χ1n) is 5.86. The third kappa shape index (κ3) is 3.92. The summed E-state index contributed by atoms with van der Waals surface area (Å²) < 4.78 is 10.9. The molecule has 0 aliphatic heterocycles. The zero-order chi connectivity index (χ0) is 13.4. The predicted molar refractivity (Wildman–Crippen MR) is 69.9 cm³/mol. The van der Waals surface area contributed by atoms with E-state index in [-0.39, 0.29) is 5.91 Å². The molecule has 0 saturated carbocycles. The molecule has 0 spiro atoms. The monoisotopic (exact) mass is 252 g/mol. The van der Waals surface area contributed by atoms with Crippen molar-refractivity contribution in [2.75, 3.05) is 27.8 Å². The van der Waals surface area contributed by atoms with E-state index in [1.165, 1.54) is 0 Å².